The SMILES string of the molecule is CSC(C1CCC(C(SC)C2SC=C(CO)S2)CC1)C1SC=C(CO)S1. The van der Waals surface area contributed by atoms with Crippen LogP contribution >= 0.6 is 70.6 Å². The second-order valence-electron chi connectivity index (χ2n) is 6.80. The Kier molecular flexibility index (Phi) is 9.43. The normalized spacial score (nSPS) is 34.5. The maximum atomic E-state index is 9.38. The van der Waals surface area contributed by atoms with Crippen molar-refractivity contribution in [3.8, 4) is 0 Å². The van der Waals surface area contributed by atoms with Gasteiger partial charge in [0.1, 0.15) is 0 Å². The third-order valence-electron chi connectivity index (χ3n) is 5.34. The van der Waals surface area contributed by atoms with Gasteiger partial charge in [-0.3, -0.25) is 0 Å². The van der Waals surface area contributed by atoms with Gasteiger partial charge in [0, 0.05) is 20.3 Å². The van der Waals surface area contributed by atoms with E-state index in [9.17, 15) is 10.2 Å². The second-order valence-corrected chi connectivity index (χ2v) is 14.0. The molecule has 0 amide bonds. The Morgan fingerprint density at radius 3 is 1.50 bits per heavy atom. The summed E-state index contributed by atoms with van der Waals surface area (Å²) in [6.07, 6.45) is 9.85. The van der Waals surface area contributed by atoms with Crippen molar-refractivity contribution in [2.24, 2.45) is 11.8 Å². The van der Waals surface area contributed by atoms with Crippen LogP contribution in [0, 0.1) is 11.8 Å². The van der Waals surface area contributed by atoms with Crippen molar-refractivity contribution < 1.29 is 10.2 Å². The Hall–Kier alpha value is 1.50. The minimum Gasteiger partial charge on any atom is -0.391 e. The van der Waals surface area contributed by atoms with Gasteiger partial charge in [-0.2, -0.15) is 23.5 Å². The maximum Gasteiger partial charge on any atom is 0.0746 e. The lowest BCUT2D eigenvalue weighted by molar-refractivity contribution is 0.272. The van der Waals surface area contributed by atoms with Crippen molar-refractivity contribution in [1.82, 2.24) is 0 Å². The molecule has 0 saturated heterocycles. The van der Waals surface area contributed by atoms with Crippen LogP contribution in [0.15, 0.2) is 20.6 Å². The lowest BCUT2D eigenvalue weighted by Crippen LogP contribution is -2.34. The lowest BCUT2D eigenvalue weighted by Gasteiger charge is -2.39. The first-order valence-electron chi connectivity index (χ1n) is 8.99. The van der Waals surface area contributed by atoms with Crippen molar-refractivity contribution in [3.63, 3.8) is 0 Å². The molecule has 3 rings (SSSR count). The van der Waals surface area contributed by atoms with Crippen LogP contribution in [0.1, 0.15) is 25.7 Å². The van der Waals surface area contributed by atoms with Crippen LogP contribution in [0.25, 0.3) is 0 Å². The largest absolute Gasteiger partial charge is 0.391 e. The van der Waals surface area contributed by atoms with E-state index in [2.05, 4.69) is 23.3 Å². The summed E-state index contributed by atoms with van der Waals surface area (Å²) in [6.45, 7) is 0.385. The Labute approximate surface area is 183 Å². The molecule has 148 valence electrons. The molecule has 0 spiro atoms. The summed E-state index contributed by atoms with van der Waals surface area (Å²) in [6, 6.07) is 0. The average molecular weight is 469 g/mol. The number of aliphatic hydroxyl groups excluding tert-OH is 2. The van der Waals surface area contributed by atoms with E-state index in [-0.39, 0.29) is 13.2 Å². The topological polar surface area (TPSA) is 40.5 Å². The molecule has 1 fully saturated rings. The van der Waals surface area contributed by atoms with Crippen LogP contribution in [-0.2, 0) is 0 Å². The predicted octanol–water partition coefficient (Wildman–Crippen LogP) is 5.54. The van der Waals surface area contributed by atoms with E-state index >= 15 is 0 Å². The fraction of sp³-hybridized carbons (Fsp3) is 0.778. The highest BCUT2D eigenvalue weighted by atomic mass is 32.2. The summed E-state index contributed by atoms with van der Waals surface area (Å²) in [7, 11) is 0. The highest BCUT2D eigenvalue weighted by Crippen LogP contribution is 2.52. The number of hydrogen-bond acceptors (Lipinski definition) is 8. The predicted molar refractivity (Wildman–Crippen MR) is 128 cm³/mol. The number of thioether (sulfide) groups is 6. The fourth-order valence-corrected chi connectivity index (χ4v) is 13.0. The Morgan fingerprint density at radius 2 is 1.23 bits per heavy atom. The van der Waals surface area contributed by atoms with Gasteiger partial charge in [-0.05, 0) is 60.8 Å². The van der Waals surface area contributed by atoms with E-state index in [0.29, 0.717) is 19.7 Å². The standard InChI is InChI=1S/C18H28O2S6/c1-21-15(17-23-9-13(7-19)25-17)11-3-5-12(6-4-11)16(22-2)18-24-10-14(8-20)26-18/h9-12,15-20H,3-8H2,1-2H3. The fourth-order valence-electron chi connectivity index (χ4n) is 3.99. The Balaban J connectivity index is 1.51. The summed E-state index contributed by atoms with van der Waals surface area (Å²) in [5.41, 5.74) is 0. The summed E-state index contributed by atoms with van der Waals surface area (Å²) >= 11 is 11.6. The molecular weight excluding hydrogens is 441 g/mol. The molecule has 0 aromatic heterocycles. The first-order chi connectivity index (χ1) is 12.7. The number of rotatable bonds is 8. The molecule has 2 nitrogen and oxygen atoms in total. The molecule has 2 N–H and O–H groups in total. The molecule has 0 radical (unpaired) electrons. The van der Waals surface area contributed by atoms with E-state index in [4.69, 9.17) is 0 Å². The molecule has 0 aromatic carbocycles. The summed E-state index contributed by atoms with van der Waals surface area (Å²) in [5.74, 6) is 1.60. The van der Waals surface area contributed by atoms with Crippen LogP contribution in [0.5, 0.6) is 0 Å². The summed E-state index contributed by atoms with van der Waals surface area (Å²) in [4.78, 5) is 2.27. The molecule has 1 saturated carbocycles. The lowest BCUT2D eigenvalue weighted by atomic mass is 9.79. The van der Waals surface area contributed by atoms with Crippen molar-refractivity contribution in [2.45, 2.75) is 45.3 Å². The molecule has 0 bridgehead atoms. The molecule has 8 heteroatoms. The molecule has 4 atom stereocenters. The van der Waals surface area contributed by atoms with Crippen molar-refractivity contribution in [1.29, 1.82) is 0 Å². The first kappa shape index (κ1) is 22.2. The van der Waals surface area contributed by atoms with Crippen LogP contribution in [0.2, 0.25) is 0 Å². The van der Waals surface area contributed by atoms with Gasteiger partial charge in [0.15, 0.2) is 0 Å². The third kappa shape index (κ3) is 5.35. The van der Waals surface area contributed by atoms with Crippen molar-refractivity contribution in [3.05, 3.63) is 20.6 Å². The number of hydrogen-bond donors (Lipinski definition) is 2. The minimum atomic E-state index is 0.192. The monoisotopic (exact) mass is 468 g/mol. The van der Waals surface area contributed by atoms with Gasteiger partial charge >= 0.3 is 0 Å². The van der Waals surface area contributed by atoms with Gasteiger partial charge in [-0.1, -0.05) is 0 Å². The summed E-state index contributed by atoms with van der Waals surface area (Å²) < 4.78 is 1.14. The van der Waals surface area contributed by atoms with Gasteiger partial charge in [0.2, 0.25) is 0 Å². The number of aliphatic hydroxyl groups is 2. The highest BCUT2D eigenvalue weighted by Gasteiger charge is 2.39. The minimum absolute atomic E-state index is 0.192. The zero-order chi connectivity index (χ0) is 18.5. The zero-order valence-electron chi connectivity index (χ0n) is 15.2. The van der Waals surface area contributed by atoms with E-state index < -0.39 is 0 Å². The first-order valence-corrected chi connectivity index (χ1v) is 15.2. The molecule has 2 heterocycles. The van der Waals surface area contributed by atoms with Gasteiger partial charge in [-0.15, -0.1) is 47.0 Å². The molecular formula is C18H28O2S6. The van der Waals surface area contributed by atoms with Gasteiger partial charge in [0.05, 0.1) is 22.4 Å². The molecule has 1 aliphatic carbocycles. The van der Waals surface area contributed by atoms with E-state index in [0.717, 1.165) is 21.6 Å². The zero-order valence-corrected chi connectivity index (χ0v) is 20.1. The van der Waals surface area contributed by atoms with E-state index in [1.54, 1.807) is 0 Å². The summed E-state index contributed by atoms with van der Waals surface area (Å²) in [5, 5.41) is 24.4. The Bertz CT molecular complexity index is 472. The Morgan fingerprint density at radius 1 is 0.846 bits per heavy atom. The van der Waals surface area contributed by atoms with Crippen molar-refractivity contribution in [2.75, 3.05) is 25.7 Å². The quantitative estimate of drug-likeness (QED) is 0.481. The second kappa shape index (κ2) is 11.0. The average Bonchev–Trinajstić information content (AvgIpc) is 3.34. The van der Waals surface area contributed by atoms with E-state index in [1.165, 1.54) is 25.7 Å². The van der Waals surface area contributed by atoms with Gasteiger partial charge in [0.25, 0.3) is 0 Å². The van der Waals surface area contributed by atoms with E-state index in [1.807, 2.05) is 70.6 Å². The van der Waals surface area contributed by atoms with Crippen LogP contribution in [-0.4, -0.2) is 55.6 Å². The maximum absolute atomic E-state index is 9.38. The smallest absolute Gasteiger partial charge is 0.0746 e. The molecule has 4 unspecified atom stereocenters. The highest BCUT2D eigenvalue weighted by molar-refractivity contribution is 8.24. The molecule has 26 heavy (non-hydrogen) atoms. The van der Waals surface area contributed by atoms with Crippen LogP contribution in [0.3, 0.4) is 0 Å². The molecule has 2 aliphatic heterocycles. The van der Waals surface area contributed by atoms with Gasteiger partial charge < -0.3 is 10.2 Å². The molecule has 0 aromatic rings. The van der Waals surface area contributed by atoms with Crippen molar-refractivity contribution >= 4 is 70.6 Å². The van der Waals surface area contributed by atoms with Crippen LogP contribution in [0.4, 0.5) is 0 Å². The van der Waals surface area contributed by atoms with Crippen LogP contribution < -0.4 is 0 Å². The third-order valence-corrected chi connectivity index (χ3v) is 14.1. The van der Waals surface area contributed by atoms with Gasteiger partial charge in [-0.25, -0.2) is 0 Å². The molecule has 3 aliphatic rings.